The lowest BCUT2D eigenvalue weighted by Gasteiger charge is -2.11. The van der Waals surface area contributed by atoms with E-state index in [2.05, 4.69) is 28.0 Å². The van der Waals surface area contributed by atoms with Crippen LogP contribution in [0.4, 0.5) is 0 Å². The Morgan fingerprint density at radius 3 is 3.00 bits per heavy atom. The highest BCUT2D eigenvalue weighted by atomic mass is 79.9. The van der Waals surface area contributed by atoms with Crippen molar-refractivity contribution in [1.82, 2.24) is 9.78 Å². The van der Waals surface area contributed by atoms with Gasteiger partial charge in [0, 0.05) is 22.1 Å². The van der Waals surface area contributed by atoms with E-state index in [4.69, 9.17) is 11.6 Å². The van der Waals surface area contributed by atoms with E-state index in [1.807, 2.05) is 16.8 Å². The van der Waals surface area contributed by atoms with Gasteiger partial charge in [0.05, 0.1) is 5.69 Å². The van der Waals surface area contributed by atoms with Gasteiger partial charge >= 0.3 is 0 Å². The van der Waals surface area contributed by atoms with Crippen LogP contribution in [0.2, 0.25) is 4.34 Å². The topological polar surface area (TPSA) is 38.0 Å². The maximum Gasteiger partial charge on any atom is 0.130 e. The molecular formula is C11H12BrClN2OS. The van der Waals surface area contributed by atoms with Gasteiger partial charge in [0.1, 0.15) is 10.4 Å². The smallest absolute Gasteiger partial charge is 0.130 e. The van der Waals surface area contributed by atoms with Gasteiger partial charge in [-0.3, -0.25) is 4.68 Å². The largest absolute Gasteiger partial charge is 0.381 e. The normalized spacial score (nSPS) is 12.9. The van der Waals surface area contributed by atoms with E-state index < -0.39 is 6.10 Å². The molecule has 2 rings (SSSR count). The Morgan fingerprint density at radius 1 is 1.65 bits per heavy atom. The Kier molecular flexibility index (Phi) is 4.25. The second-order valence-corrected chi connectivity index (χ2v) is 6.19. The average molecular weight is 336 g/mol. The highest BCUT2D eigenvalue weighted by Gasteiger charge is 2.18. The predicted octanol–water partition coefficient (Wildman–Crippen LogP) is 3.85. The van der Waals surface area contributed by atoms with Crippen molar-refractivity contribution in [3.8, 4) is 0 Å². The van der Waals surface area contributed by atoms with Crippen LogP contribution in [0.3, 0.4) is 0 Å². The zero-order chi connectivity index (χ0) is 12.4. The van der Waals surface area contributed by atoms with Crippen molar-refractivity contribution < 1.29 is 5.11 Å². The Hall–Kier alpha value is -0.360. The number of nitrogens with zero attached hydrogens (tertiary/aromatic N) is 2. The maximum absolute atomic E-state index is 10.3. The van der Waals surface area contributed by atoms with Crippen LogP contribution in [0.15, 0.2) is 22.8 Å². The number of aryl methyl sites for hydroxylation is 1. The summed E-state index contributed by atoms with van der Waals surface area (Å²) in [5.74, 6) is 0. The third-order valence-corrected chi connectivity index (χ3v) is 4.93. The van der Waals surface area contributed by atoms with Crippen molar-refractivity contribution in [3.63, 3.8) is 0 Å². The molecule has 0 saturated carbocycles. The minimum Gasteiger partial charge on any atom is -0.381 e. The first-order valence-electron chi connectivity index (χ1n) is 5.28. The molecule has 17 heavy (non-hydrogen) atoms. The summed E-state index contributed by atoms with van der Waals surface area (Å²) >= 11 is 10.7. The molecule has 1 unspecified atom stereocenters. The number of rotatable bonds is 4. The number of aliphatic hydroxyl groups is 1. The molecule has 0 radical (unpaired) electrons. The molecule has 0 bridgehead atoms. The van der Waals surface area contributed by atoms with Crippen molar-refractivity contribution in [2.45, 2.75) is 26.0 Å². The summed E-state index contributed by atoms with van der Waals surface area (Å²) in [6.07, 6.45) is 2.02. The third-order valence-electron chi connectivity index (χ3n) is 2.40. The van der Waals surface area contributed by atoms with Gasteiger partial charge in [-0.2, -0.15) is 5.10 Å². The number of halogens is 2. The molecule has 0 aliphatic carbocycles. The van der Waals surface area contributed by atoms with E-state index in [9.17, 15) is 5.11 Å². The molecule has 2 aromatic rings. The van der Waals surface area contributed by atoms with Crippen molar-refractivity contribution in [1.29, 1.82) is 0 Å². The maximum atomic E-state index is 10.3. The average Bonchev–Trinajstić information content (AvgIpc) is 2.87. The third kappa shape index (κ3) is 2.73. The summed E-state index contributed by atoms with van der Waals surface area (Å²) in [4.78, 5) is 0.819. The minimum atomic E-state index is -0.669. The van der Waals surface area contributed by atoms with E-state index >= 15 is 0 Å². The molecule has 2 aromatic heterocycles. The quantitative estimate of drug-likeness (QED) is 0.921. The molecule has 3 nitrogen and oxygen atoms in total. The Bertz CT molecular complexity index is 492. The van der Waals surface area contributed by atoms with Crippen LogP contribution in [0.5, 0.6) is 0 Å². The summed E-state index contributed by atoms with van der Waals surface area (Å²) in [7, 11) is 0. The predicted molar refractivity (Wildman–Crippen MR) is 73.6 cm³/mol. The zero-order valence-electron chi connectivity index (χ0n) is 9.23. The molecule has 0 aromatic carbocycles. The van der Waals surface area contributed by atoms with Gasteiger partial charge in [-0.25, -0.2) is 0 Å². The van der Waals surface area contributed by atoms with Gasteiger partial charge in [-0.15, -0.1) is 11.3 Å². The van der Waals surface area contributed by atoms with Crippen LogP contribution in [-0.4, -0.2) is 14.9 Å². The molecule has 0 saturated heterocycles. The monoisotopic (exact) mass is 334 g/mol. The molecule has 0 spiro atoms. The van der Waals surface area contributed by atoms with E-state index in [1.165, 1.54) is 11.3 Å². The van der Waals surface area contributed by atoms with Crippen molar-refractivity contribution >= 4 is 38.9 Å². The molecule has 6 heteroatoms. The molecular weight excluding hydrogens is 324 g/mol. The van der Waals surface area contributed by atoms with Gasteiger partial charge < -0.3 is 5.11 Å². The molecule has 92 valence electrons. The number of aliphatic hydroxyl groups excluding tert-OH is 1. The number of hydrogen-bond acceptors (Lipinski definition) is 3. The fourth-order valence-electron chi connectivity index (χ4n) is 1.62. The first-order chi connectivity index (χ1) is 8.13. The molecule has 1 atom stereocenters. The Balaban J connectivity index is 2.29. The van der Waals surface area contributed by atoms with E-state index in [1.54, 1.807) is 6.20 Å². The second kappa shape index (κ2) is 5.52. The van der Waals surface area contributed by atoms with Crippen molar-refractivity contribution in [2.75, 3.05) is 0 Å². The fraction of sp³-hybridized carbons (Fsp3) is 0.364. The lowest BCUT2D eigenvalue weighted by Crippen LogP contribution is -2.09. The highest BCUT2D eigenvalue weighted by molar-refractivity contribution is 9.10. The van der Waals surface area contributed by atoms with Crippen LogP contribution in [0, 0.1) is 0 Å². The summed E-state index contributed by atoms with van der Waals surface area (Å²) in [6.45, 7) is 2.89. The van der Waals surface area contributed by atoms with Gasteiger partial charge in [-0.05, 0) is 34.5 Å². The zero-order valence-corrected chi connectivity index (χ0v) is 12.4. The standard InChI is InChI=1S/C11H12BrClN2OS/c1-2-5-15-8(3-4-14-15)10(16)9-6-7(12)11(13)17-9/h3-4,6,10,16H,2,5H2,1H3. The first-order valence-corrected chi connectivity index (χ1v) is 7.26. The lowest BCUT2D eigenvalue weighted by molar-refractivity contribution is 0.211. The molecule has 1 N–H and O–H groups in total. The van der Waals surface area contributed by atoms with Gasteiger partial charge in [0.25, 0.3) is 0 Å². The van der Waals surface area contributed by atoms with Crippen LogP contribution in [-0.2, 0) is 6.54 Å². The summed E-state index contributed by atoms with van der Waals surface area (Å²) < 4.78 is 3.30. The van der Waals surface area contributed by atoms with Crippen molar-refractivity contribution in [3.05, 3.63) is 37.7 Å². The molecule has 2 heterocycles. The van der Waals surface area contributed by atoms with E-state index in [-0.39, 0.29) is 0 Å². The summed E-state index contributed by atoms with van der Waals surface area (Å²) in [5.41, 5.74) is 0.803. The number of thiophene rings is 1. The van der Waals surface area contributed by atoms with E-state index in [0.29, 0.717) is 4.34 Å². The van der Waals surface area contributed by atoms with Crippen LogP contribution in [0.25, 0.3) is 0 Å². The van der Waals surface area contributed by atoms with Gasteiger partial charge in [0.15, 0.2) is 0 Å². The van der Waals surface area contributed by atoms with Crippen LogP contribution < -0.4 is 0 Å². The Morgan fingerprint density at radius 2 is 2.41 bits per heavy atom. The molecule has 0 aliphatic rings. The van der Waals surface area contributed by atoms with Crippen molar-refractivity contribution in [2.24, 2.45) is 0 Å². The highest BCUT2D eigenvalue weighted by Crippen LogP contribution is 2.37. The number of hydrogen-bond donors (Lipinski definition) is 1. The lowest BCUT2D eigenvalue weighted by atomic mass is 10.2. The SMILES string of the molecule is CCCn1nccc1C(O)c1cc(Br)c(Cl)s1. The molecule has 0 fully saturated rings. The van der Waals surface area contributed by atoms with E-state index in [0.717, 1.165) is 28.0 Å². The second-order valence-electron chi connectivity index (χ2n) is 3.65. The Labute approximate surface area is 117 Å². The van der Waals surface area contributed by atoms with Gasteiger partial charge in [-0.1, -0.05) is 18.5 Å². The number of aromatic nitrogens is 2. The molecule has 0 amide bonds. The molecule has 0 aliphatic heterocycles. The summed E-state index contributed by atoms with van der Waals surface area (Å²) in [5, 5.41) is 14.5. The van der Waals surface area contributed by atoms with Gasteiger partial charge in [0.2, 0.25) is 0 Å². The minimum absolute atomic E-state index is 0.653. The summed E-state index contributed by atoms with van der Waals surface area (Å²) in [6, 6.07) is 3.68. The first kappa shape index (κ1) is 13.1. The fourth-order valence-corrected chi connectivity index (χ4v) is 3.35. The van der Waals surface area contributed by atoms with Crippen LogP contribution in [0.1, 0.15) is 30.0 Å². The van der Waals surface area contributed by atoms with Crippen LogP contribution >= 0.6 is 38.9 Å².